The van der Waals surface area contributed by atoms with Crippen molar-refractivity contribution < 1.29 is 65.2 Å². The maximum atomic E-state index is 14.0. The fourth-order valence-corrected chi connectivity index (χ4v) is 19.1. The van der Waals surface area contributed by atoms with Gasteiger partial charge in [-0.3, -0.25) is 0 Å². The highest BCUT2D eigenvalue weighted by atomic mass is 28.4. The molecule has 0 aromatic carbocycles. The first-order chi connectivity index (χ1) is 37.9. The third-order valence-electron chi connectivity index (χ3n) is 23.3. The second-order valence-corrected chi connectivity index (χ2v) is 70.7. The van der Waals surface area contributed by atoms with Gasteiger partial charge in [0.2, 0.25) is 5.79 Å². The van der Waals surface area contributed by atoms with Crippen LogP contribution < -0.4 is 0 Å². The molecule has 16 atom stereocenters. The van der Waals surface area contributed by atoms with E-state index in [0.29, 0.717) is 19.4 Å². The van der Waals surface area contributed by atoms with Crippen LogP contribution >= 0.6 is 0 Å². The van der Waals surface area contributed by atoms with Crippen LogP contribution in [0.3, 0.4) is 0 Å². The van der Waals surface area contributed by atoms with Crippen LogP contribution in [0.2, 0.25) is 127 Å². The number of ether oxygens (including phenoxy) is 4. The Hall–Kier alpha value is 0.698. The van der Waals surface area contributed by atoms with Crippen molar-refractivity contribution in [3.63, 3.8) is 0 Å². The van der Waals surface area contributed by atoms with Crippen LogP contribution in [0.1, 0.15) is 171 Å². The van der Waals surface area contributed by atoms with E-state index in [2.05, 4.69) is 244 Å². The zero-order valence-corrected chi connectivity index (χ0v) is 68.8. The van der Waals surface area contributed by atoms with Crippen molar-refractivity contribution in [2.24, 2.45) is 0 Å². The monoisotopic (exact) mass is 1340 g/mol. The lowest BCUT2D eigenvalue weighted by Crippen LogP contribution is -2.75. The Balaban J connectivity index is 1.93. The van der Waals surface area contributed by atoms with Crippen LogP contribution in [0.25, 0.3) is 0 Å². The van der Waals surface area contributed by atoms with Gasteiger partial charge >= 0.3 is 0 Å². The maximum Gasteiger partial charge on any atom is 0.214 e. The van der Waals surface area contributed by atoms with Gasteiger partial charge in [-0.05, 0) is 127 Å². The predicted octanol–water partition coefficient (Wildman–Crippen LogP) is 16.2. The van der Waals surface area contributed by atoms with E-state index in [4.69, 9.17) is 49.9 Å². The zero-order chi connectivity index (χ0) is 67.2. The van der Waals surface area contributed by atoms with E-state index in [9.17, 15) is 15.3 Å². The predicted molar refractivity (Wildman–Crippen MR) is 372 cm³/mol. The molecule has 0 aromatic heterocycles. The van der Waals surface area contributed by atoms with Crippen LogP contribution in [0.4, 0.5) is 0 Å². The fraction of sp³-hybridized carbons (Fsp3) is 0.969. The maximum absolute atomic E-state index is 14.0. The molecule has 4 rings (SSSR count). The average Bonchev–Trinajstić information content (AvgIpc) is 0.888. The number of rotatable bonds is 21. The fourth-order valence-electron chi connectivity index (χ4n) is 10.2. The van der Waals surface area contributed by atoms with E-state index in [1.807, 2.05) is 0 Å². The average molecular weight is 1340 g/mol. The number of hydrogen-bond donors (Lipinski definition) is 3. The van der Waals surface area contributed by atoms with Crippen molar-refractivity contribution >= 4 is 58.2 Å². The lowest BCUT2D eigenvalue weighted by molar-refractivity contribution is -0.367. The molecule has 4 fully saturated rings. The molecule has 0 amide bonds. The molecule has 3 N–H and O–H groups in total. The summed E-state index contributed by atoms with van der Waals surface area (Å²) < 4.78 is 81.2. The van der Waals surface area contributed by atoms with Gasteiger partial charge in [0.1, 0.15) is 48.8 Å². The van der Waals surface area contributed by atoms with Gasteiger partial charge in [-0.15, -0.1) is 6.58 Å². The minimum Gasteiger partial charge on any atom is -0.414 e. The zero-order valence-electron chi connectivity index (χ0n) is 61.8. The van der Waals surface area contributed by atoms with Gasteiger partial charge in [0, 0.05) is 25.7 Å². The Bertz CT molecular complexity index is 2230. The quantitative estimate of drug-likeness (QED) is 0.0565. The van der Waals surface area contributed by atoms with Crippen LogP contribution in [0.15, 0.2) is 12.7 Å². The Labute approximate surface area is 535 Å². The Kier molecular flexibility index (Phi) is 24.3. The van der Waals surface area contributed by atoms with Gasteiger partial charge in [-0.2, -0.15) is 0 Å². The molecule has 0 unspecified atom stereocenters. The standard InChI is InChI=1S/C65H136O14Si7/c1-37-45-46(74-81(25,26)59(5,6)7)40-50-56(72-45)65(68,79-86(35,36)64(20,21)22)57(78-85(33,34)63(17,18)19)49(71-50)39-43(66)38-44(67)52-48(75-82(27,28)60(8,9)10)41-47-53(73-52)55(77-84(31,32)62(14,15)16)54(76-83(29,30)61(11,12)13)51(70-47)42-69-80(23,24)58(2,3)4/h37,43-57,66-68H,1,38-42H2,2-36H3/t43-,44-,45+,46-,47+,48-,49+,50+,51+,52+,53-,54+,55+,56-,57+,65+/m1/s1. The molecule has 4 aliphatic heterocycles. The first-order valence-electron chi connectivity index (χ1n) is 33.0. The topological polar surface area (TPSA) is 162 Å². The van der Waals surface area contributed by atoms with E-state index in [0.717, 1.165) is 0 Å². The highest BCUT2D eigenvalue weighted by Gasteiger charge is 2.66. The van der Waals surface area contributed by atoms with Crippen molar-refractivity contribution in [2.45, 2.75) is 395 Å². The van der Waals surface area contributed by atoms with Gasteiger partial charge in [0.25, 0.3) is 0 Å². The van der Waals surface area contributed by atoms with Crippen LogP contribution in [0.5, 0.6) is 0 Å². The SMILES string of the molecule is C=C[C@@H]1O[C@@H]2[C@H](C[C@H]1O[Si](C)(C)C(C)(C)C)O[C@@H](C[C@H](O)C[C@@H](O)[C@@H]1O[C@H]3[C@H](O[Si](C)(C)C(C)(C)C)[C@@H](O[Si](C)(C)C(C)(C)C)[C@H](CO[Si](C)(C)C(C)(C)C)O[C@H]3C[C@H]1O[Si](C)(C)C(C)(C)C)[C@H](O[Si](C)(C)C(C)(C)C)[C@@]2(O)O[Si](C)(C)C(C)(C)C. The number of aliphatic hydroxyl groups excluding tert-OH is 2. The molecule has 0 radical (unpaired) electrons. The van der Waals surface area contributed by atoms with Crippen molar-refractivity contribution in [2.75, 3.05) is 6.61 Å². The lowest BCUT2D eigenvalue weighted by Gasteiger charge is -2.59. The highest BCUT2D eigenvalue weighted by molar-refractivity contribution is 6.76. The van der Waals surface area contributed by atoms with E-state index >= 15 is 0 Å². The first kappa shape index (κ1) is 79.1. The summed E-state index contributed by atoms with van der Waals surface area (Å²) in [5.74, 6) is -2.02. The molecule has 4 aliphatic rings. The summed E-state index contributed by atoms with van der Waals surface area (Å²) >= 11 is 0. The highest BCUT2D eigenvalue weighted by Crippen LogP contribution is 2.53. The van der Waals surface area contributed by atoms with E-state index in [1.165, 1.54) is 0 Å². The summed E-state index contributed by atoms with van der Waals surface area (Å²) in [6, 6.07) is 0. The van der Waals surface area contributed by atoms with Gasteiger partial charge in [0.15, 0.2) is 58.2 Å². The molecule has 0 aliphatic carbocycles. The van der Waals surface area contributed by atoms with Crippen molar-refractivity contribution in [1.82, 2.24) is 0 Å². The molecule has 0 saturated carbocycles. The van der Waals surface area contributed by atoms with Crippen LogP contribution in [0, 0.1) is 0 Å². The summed E-state index contributed by atoms with van der Waals surface area (Å²) in [6.45, 7) is 82.5. The summed E-state index contributed by atoms with van der Waals surface area (Å²) in [6.07, 6.45) is -8.77. The van der Waals surface area contributed by atoms with Crippen LogP contribution in [-0.4, -0.2) is 177 Å². The van der Waals surface area contributed by atoms with Gasteiger partial charge in [-0.25, -0.2) is 0 Å². The van der Waals surface area contributed by atoms with E-state index < -0.39 is 156 Å². The van der Waals surface area contributed by atoms with Crippen LogP contribution in [-0.2, 0) is 49.9 Å². The molecule has 14 nitrogen and oxygen atoms in total. The normalized spacial score (nSPS) is 32.1. The van der Waals surface area contributed by atoms with Crippen molar-refractivity contribution in [3.05, 3.63) is 12.7 Å². The van der Waals surface area contributed by atoms with Gasteiger partial charge in [0.05, 0.1) is 49.3 Å². The second kappa shape index (κ2) is 26.4. The van der Waals surface area contributed by atoms with Crippen molar-refractivity contribution in [1.29, 1.82) is 0 Å². The third kappa shape index (κ3) is 17.8. The van der Waals surface area contributed by atoms with E-state index in [1.54, 1.807) is 6.08 Å². The number of hydrogen-bond acceptors (Lipinski definition) is 14. The molecular weight excluding hydrogens is 1200 g/mol. The second-order valence-electron chi connectivity index (χ2n) is 37.4. The number of fused-ring (bicyclic) bond motifs is 2. The lowest BCUT2D eigenvalue weighted by atomic mass is 9.83. The molecule has 0 aromatic rings. The number of aliphatic hydroxyl groups is 3. The molecule has 4 heterocycles. The summed E-state index contributed by atoms with van der Waals surface area (Å²) in [5.41, 5.74) is 0. The molecule has 508 valence electrons. The molecule has 4 saturated heterocycles. The minimum atomic E-state index is -2.83. The molecular formula is C65H136O14Si7. The largest absolute Gasteiger partial charge is 0.414 e. The van der Waals surface area contributed by atoms with Gasteiger partial charge < -0.3 is 65.2 Å². The molecule has 86 heavy (non-hydrogen) atoms. The molecule has 0 bridgehead atoms. The first-order valence-corrected chi connectivity index (χ1v) is 53.3. The van der Waals surface area contributed by atoms with Gasteiger partial charge in [-0.1, -0.05) is 151 Å². The molecule has 0 spiro atoms. The Morgan fingerprint density at radius 2 is 0.860 bits per heavy atom. The van der Waals surface area contributed by atoms with E-state index in [-0.39, 0.29) is 48.1 Å². The summed E-state index contributed by atoms with van der Waals surface area (Å²) in [4.78, 5) is 0. The minimum absolute atomic E-state index is 0.00642. The summed E-state index contributed by atoms with van der Waals surface area (Å²) in [5, 5.41) is 38.8. The third-order valence-corrected chi connectivity index (χ3v) is 54.7. The summed E-state index contributed by atoms with van der Waals surface area (Å²) in [7, 11) is -17.9. The Morgan fingerprint density at radius 1 is 0.477 bits per heavy atom. The Morgan fingerprint density at radius 3 is 1.29 bits per heavy atom. The van der Waals surface area contributed by atoms with Crippen molar-refractivity contribution in [3.8, 4) is 0 Å². The molecule has 21 heteroatoms. The smallest absolute Gasteiger partial charge is 0.214 e.